The highest BCUT2D eigenvalue weighted by molar-refractivity contribution is 5.99. The molecule has 66 valence electrons. The minimum absolute atomic E-state index is 0.0208. The predicted octanol–water partition coefficient (Wildman–Crippen LogP) is 0.965. The van der Waals surface area contributed by atoms with Crippen LogP contribution in [-0.4, -0.2) is 26.3 Å². The lowest BCUT2D eigenvalue weighted by Gasteiger charge is -1.97. The molecule has 0 saturated heterocycles. The fourth-order valence-electron chi connectivity index (χ4n) is 1.24. The molecule has 2 heterocycles. The van der Waals surface area contributed by atoms with Gasteiger partial charge in [-0.1, -0.05) is 0 Å². The van der Waals surface area contributed by atoms with Crippen LogP contribution < -0.4 is 0 Å². The van der Waals surface area contributed by atoms with Crippen molar-refractivity contribution in [2.45, 2.75) is 6.92 Å². The molecule has 0 saturated carbocycles. The number of nitrogens with zero attached hydrogens (tertiary/aromatic N) is 2. The SMILES string of the molecule is Cc1cc2cn[nH]c2c(C(=O)O)n1. The Morgan fingerprint density at radius 3 is 3.08 bits per heavy atom. The fraction of sp³-hybridized carbons (Fsp3) is 0.125. The van der Waals surface area contributed by atoms with E-state index in [2.05, 4.69) is 15.2 Å². The first-order valence-corrected chi connectivity index (χ1v) is 3.72. The van der Waals surface area contributed by atoms with E-state index in [1.165, 1.54) is 0 Å². The van der Waals surface area contributed by atoms with E-state index in [4.69, 9.17) is 5.11 Å². The van der Waals surface area contributed by atoms with Crippen LogP contribution in [0, 0.1) is 6.92 Å². The number of aromatic carboxylic acids is 1. The third-order valence-electron chi connectivity index (χ3n) is 1.76. The van der Waals surface area contributed by atoms with Gasteiger partial charge in [-0.25, -0.2) is 9.78 Å². The van der Waals surface area contributed by atoms with Crippen molar-refractivity contribution in [2.24, 2.45) is 0 Å². The summed E-state index contributed by atoms with van der Waals surface area (Å²) >= 11 is 0. The number of carbonyl (C=O) groups is 1. The number of aromatic nitrogens is 3. The molecule has 2 N–H and O–H groups in total. The van der Waals surface area contributed by atoms with Crippen LogP contribution in [-0.2, 0) is 0 Å². The summed E-state index contributed by atoms with van der Waals surface area (Å²) in [7, 11) is 0. The van der Waals surface area contributed by atoms with Gasteiger partial charge in [-0.2, -0.15) is 5.10 Å². The number of pyridine rings is 1. The van der Waals surface area contributed by atoms with Gasteiger partial charge in [0.1, 0.15) is 0 Å². The summed E-state index contributed by atoms with van der Waals surface area (Å²) in [6.45, 7) is 1.75. The first kappa shape index (κ1) is 7.72. The molecule has 0 aliphatic carbocycles. The maximum Gasteiger partial charge on any atom is 0.356 e. The highest BCUT2D eigenvalue weighted by Gasteiger charge is 2.12. The van der Waals surface area contributed by atoms with Gasteiger partial charge in [-0.15, -0.1) is 0 Å². The number of carboxylic acids is 1. The van der Waals surface area contributed by atoms with Crippen molar-refractivity contribution in [3.63, 3.8) is 0 Å². The lowest BCUT2D eigenvalue weighted by Crippen LogP contribution is -2.02. The van der Waals surface area contributed by atoms with Crippen molar-refractivity contribution in [3.8, 4) is 0 Å². The Morgan fingerprint density at radius 2 is 2.38 bits per heavy atom. The van der Waals surface area contributed by atoms with E-state index in [1.807, 2.05) is 0 Å². The summed E-state index contributed by atoms with van der Waals surface area (Å²) in [6, 6.07) is 1.78. The Morgan fingerprint density at radius 1 is 1.62 bits per heavy atom. The molecule has 0 aliphatic heterocycles. The van der Waals surface area contributed by atoms with Crippen LogP contribution in [0.2, 0.25) is 0 Å². The summed E-state index contributed by atoms with van der Waals surface area (Å²) in [4.78, 5) is 14.7. The number of hydrogen-bond donors (Lipinski definition) is 2. The molecular weight excluding hydrogens is 170 g/mol. The second-order valence-corrected chi connectivity index (χ2v) is 2.75. The molecule has 0 bridgehead atoms. The molecule has 0 radical (unpaired) electrons. The molecule has 0 atom stereocenters. The first-order valence-electron chi connectivity index (χ1n) is 3.72. The quantitative estimate of drug-likeness (QED) is 0.680. The van der Waals surface area contributed by atoms with Crippen LogP contribution in [0.15, 0.2) is 12.3 Å². The molecule has 2 rings (SSSR count). The number of rotatable bonds is 1. The minimum Gasteiger partial charge on any atom is -0.476 e. The van der Waals surface area contributed by atoms with E-state index in [-0.39, 0.29) is 5.69 Å². The second kappa shape index (κ2) is 2.55. The highest BCUT2D eigenvalue weighted by atomic mass is 16.4. The number of hydrogen-bond acceptors (Lipinski definition) is 3. The van der Waals surface area contributed by atoms with E-state index in [9.17, 15) is 4.79 Å². The lowest BCUT2D eigenvalue weighted by atomic mass is 10.2. The van der Waals surface area contributed by atoms with E-state index < -0.39 is 5.97 Å². The predicted molar refractivity (Wildman–Crippen MR) is 45.6 cm³/mol. The van der Waals surface area contributed by atoms with Crippen molar-refractivity contribution in [1.82, 2.24) is 15.2 Å². The fourth-order valence-corrected chi connectivity index (χ4v) is 1.24. The third kappa shape index (κ3) is 1.14. The zero-order valence-electron chi connectivity index (χ0n) is 6.90. The van der Waals surface area contributed by atoms with E-state index in [1.54, 1.807) is 19.2 Å². The number of fused-ring (bicyclic) bond motifs is 1. The summed E-state index contributed by atoms with van der Waals surface area (Å²) in [5.41, 5.74) is 1.16. The molecule has 0 aliphatic rings. The number of aromatic amines is 1. The molecule has 13 heavy (non-hydrogen) atoms. The number of H-pyrrole nitrogens is 1. The Balaban J connectivity index is 2.84. The van der Waals surface area contributed by atoms with Gasteiger partial charge in [-0.3, -0.25) is 5.10 Å². The van der Waals surface area contributed by atoms with Crippen molar-refractivity contribution < 1.29 is 9.90 Å². The molecule has 2 aromatic heterocycles. The zero-order chi connectivity index (χ0) is 9.42. The molecule has 0 aromatic carbocycles. The maximum absolute atomic E-state index is 10.8. The summed E-state index contributed by atoms with van der Waals surface area (Å²) in [5.74, 6) is -1.04. The first-order chi connectivity index (χ1) is 6.18. The molecule has 0 fully saturated rings. The van der Waals surface area contributed by atoms with Gasteiger partial charge < -0.3 is 5.11 Å². The smallest absolute Gasteiger partial charge is 0.356 e. The summed E-state index contributed by atoms with van der Waals surface area (Å²) < 4.78 is 0. The molecule has 0 amide bonds. The Hall–Kier alpha value is -1.91. The monoisotopic (exact) mass is 177 g/mol. The average molecular weight is 177 g/mol. The van der Waals surface area contributed by atoms with Crippen LogP contribution in [0.1, 0.15) is 16.2 Å². The van der Waals surface area contributed by atoms with Gasteiger partial charge in [0.2, 0.25) is 0 Å². The number of aryl methyl sites for hydroxylation is 1. The second-order valence-electron chi connectivity index (χ2n) is 2.75. The molecule has 0 spiro atoms. The minimum atomic E-state index is -1.04. The van der Waals surface area contributed by atoms with Crippen LogP contribution in [0.5, 0.6) is 0 Å². The van der Waals surface area contributed by atoms with Crippen LogP contribution in [0.3, 0.4) is 0 Å². The van der Waals surface area contributed by atoms with Crippen molar-refractivity contribution in [3.05, 3.63) is 23.7 Å². The molecular formula is C8H7N3O2. The maximum atomic E-state index is 10.8. The Labute approximate surface area is 73.4 Å². The van der Waals surface area contributed by atoms with Gasteiger partial charge in [0.25, 0.3) is 0 Å². The van der Waals surface area contributed by atoms with Crippen LogP contribution >= 0.6 is 0 Å². The van der Waals surface area contributed by atoms with E-state index in [0.717, 1.165) is 5.39 Å². The lowest BCUT2D eigenvalue weighted by molar-refractivity contribution is 0.0692. The van der Waals surface area contributed by atoms with Crippen molar-refractivity contribution >= 4 is 16.9 Å². The summed E-state index contributed by atoms with van der Waals surface area (Å²) in [6.07, 6.45) is 1.58. The zero-order valence-corrected chi connectivity index (χ0v) is 6.90. The molecule has 5 heteroatoms. The number of nitrogens with one attached hydrogen (secondary N) is 1. The third-order valence-corrected chi connectivity index (χ3v) is 1.76. The Kier molecular flexibility index (Phi) is 1.51. The normalized spacial score (nSPS) is 10.5. The number of carboxylic acid groups (broad SMARTS) is 1. The molecule has 5 nitrogen and oxygen atoms in total. The van der Waals surface area contributed by atoms with E-state index in [0.29, 0.717) is 11.2 Å². The largest absolute Gasteiger partial charge is 0.476 e. The van der Waals surface area contributed by atoms with Crippen LogP contribution in [0.25, 0.3) is 10.9 Å². The molecule has 2 aromatic rings. The molecule has 0 unspecified atom stereocenters. The Bertz CT molecular complexity index is 475. The summed E-state index contributed by atoms with van der Waals surface area (Å²) in [5, 5.41) is 15.9. The van der Waals surface area contributed by atoms with Gasteiger partial charge in [0.05, 0.1) is 11.7 Å². The average Bonchev–Trinajstić information content (AvgIpc) is 2.49. The van der Waals surface area contributed by atoms with Crippen molar-refractivity contribution in [2.75, 3.05) is 0 Å². The highest BCUT2D eigenvalue weighted by Crippen LogP contribution is 2.14. The van der Waals surface area contributed by atoms with E-state index >= 15 is 0 Å². The van der Waals surface area contributed by atoms with Gasteiger partial charge >= 0.3 is 5.97 Å². The standard InChI is InChI=1S/C8H7N3O2/c1-4-2-5-3-9-11-6(5)7(10-4)8(12)13/h2-3H,1H3,(H,9,11)(H,12,13). The van der Waals surface area contributed by atoms with Gasteiger partial charge in [-0.05, 0) is 13.0 Å². The van der Waals surface area contributed by atoms with Gasteiger partial charge in [0.15, 0.2) is 5.69 Å². The van der Waals surface area contributed by atoms with Crippen molar-refractivity contribution in [1.29, 1.82) is 0 Å². The van der Waals surface area contributed by atoms with Gasteiger partial charge in [0, 0.05) is 11.1 Å². The van der Waals surface area contributed by atoms with Crippen LogP contribution in [0.4, 0.5) is 0 Å². The topological polar surface area (TPSA) is 78.9 Å².